The van der Waals surface area contributed by atoms with Crippen LogP contribution in [-0.2, 0) is 4.79 Å². The molecule has 10 heteroatoms. The maximum Gasteiger partial charge on any atom is 0.236 e. The molecule has 0 saturated carbocycles. The van der Waals surface area contributed by atoms with Gasteiger partial charge in [0.1, 0.15) is 11.5 Å². The molecule has 34 heavy (non-hydrogen) atoms. The Hall–Kier alpha value is -3.47. The molecule has 170 valence electrons. The number of anilines is 3. The van der Waals surface area contributed by atoms with E-state index in [-0.39, 0.29) is 11.7 Å². The van der Waals surface area contributed by atoms with Gasteiger partial charge in [0, 0.05) is 5.69 Å². The third-order valence-corrected chi connectivity index (χ3v) is 7.51. The molecule has 0 bridgehead atoms. The van der Waals surface area contributed by atoms with Crippen LogP contribution in [0, 0.1) is 6.92 Å². The molecule has 0 aliphatic rings. The number of amides is 1. The van der Waals surface area contributed by atoms with Crippen molar-refractivity contribution in [1.82, 2.24) is 15.2 Å². The maximum atomic E-state index is 12.4. The lowest BCUT2D eigenvalue weighted by molar-refractivity contribution is -0.113. The van der Waals surface area contributed by atoms with E-state index in [9.17, 15) is 4.79 Å². The highest BCUT2D eigenvalue weighted by atomic mass is 32.2. The Labute approximate surface area is 208 Å². The normalized spacial score (nSPS) is 10.9. The summed E-state index contributed by atoms with van der Waals surface area (Å²) in [7, 11) is 0. The fourth-order valence-corrected chi connectivity index (χ4v) is 5.59. The van der Waals surface area contributed by atoms with Crippen LogP contribution in [0.15, 0.2) is 77.1 Å². The molecular weight excluding hydrogens is 486 g/mol. The van der Waals surface area contributed by atoms with Crippen molar-refractivity contribution in [2.24, 2.45) is 0 Å². The lowest BCUT2D eigenvalue weighted by atomic mass is 10.2. The number of nitrogens with one attached hydrogen (secondary N) is 2. The van der Waals surface area contributed by atoms with E-state index in [0.717, 1.165) is 27.4 Å². The van der Waals surface area contributed by atoms with Gasteiger partial charge in [0.25, 0.3) is 0 Å². The summed E-state index contributed by atoms with van der Waals surface area (Å²) in [5, 5.41) is 15.7. The van der Waals surface area contributed by atoms with Gasteiger partial charge >= 0.3 is 0 Å². The van der Waals surface area contributed by atoms with Crippen LogP contribution in [0.1, 0.15) is 5.56 Å². The summed E-state index contributed by atoms with van der Waals surface area (Å²) in [6.07, 6.45) is 0. The highest BCUT2D eigenvalue weighted by Crippen LogP contribution is 2.30. The number of benzene rings is 3. The van der Waals surface area contributed by atoms with Gasteiger partial charge in [-0.05, 0) is 61.0 Å². The second kappa shape index (κ2) is 10.2. The summed E-state index contributed by atoms with van der Waals surface area (Å²) in [6, 6.07) is 23.3. The molecule has 1 amide bonds. The van der Waals surface area contributed by atoms with Crippen LogP contribution in [0.4, 0.5) is 16.0 Å². The monoisotopic (exact) mass is 505 g/mol. The first-order valence-electron chi connectivity index (χ1n) is 10.3. The van der Waals surface area contributed by atoms with E-state index < -0.39 is 0 Å². The second-order valence-electron chi connectivity index (χ2n) is 7.26. The highest BCUT2D eigenvalue weighted by molar-refractivity contribution is 8.01. The molecule has 3 aromatic carbocycles. The Morgan fingerprint density at radius 1 is 0.941 bits per heavy atom. The molecule has 2 heterocycles. The number of aromatic nitrogens is 3. The fraction of sp³-hybridized carbons (Fsp3) is 0.0833. The number of thioether (sulfide) groups is 1. The van der Waals surface area contributed by atoms with E-state index in [4.69, 9.17) is 4.74 Å². The van der Waals surface area contributed by atoms with Crippen LogP contribution >= 0.6 is 34.4 Å². The standard InChI is InChI=1S/C24H19N5O2S3/c1-15-7-12-19-20(13-15)33-22(26-19)27-21(30)14-32-24-29-28-23(34-24)25-16-8-10-18(11-9-16)31-17-5-3-2-4-6-17/h2-13H,14H2,1H3,(H,25,28)(H,26,27,30). The van der Waals surface area contributed by atoms with Gasteiger partial charge in [0.05, 0.1) is 16.0 Å². The average Bonchev–Trinajstić information content (AvgIpc) is 3.45. The molecule has 0 aliphatic carbocycles. The van der Waals surface area contributed by atoms with Crippen molar-refractivity contribution >= 4 is 66.5 Å². The van der Waals surface area contributed by atoms with Gasteiger partial charge in [-0.1, -0.05) is 58.7 Å². The number of para-hydroxylation sites is 1. The lowest BCUT2D eigenvalue weighted by Gasteiger charge is -2.06. The number of rotatable bonds is 8. The first kappa shape index (κ1) is 22.3. The van der Waals surface area contributed by atoms with E-state index >= 15 is 0 Å². The van der Waals surface area contributed by atoms with E-state index in [1.54, 1.807) is 0 Å². The van der Waals surface area contributed by atoms with Crippen molar-refractivity contribution in [2.45, 2.75) is 11.3 Å². The third-order valence-electron chi connectivity index (χ3n) is 4.61. The zero-order valence-corrected chi connectivity index (χ0v) is 20.5. The Balaban J connectivity index is 1.12. The molecule has 0 atom stereocenters. The van der Waals surface area contributed by atoms with Gasteiger partial charge in [0.15, 0.2) is 9.47 Å². The number of fused-ring (bicyclic) bond motifs is 1. The molecule has 0 saturated heterocycles. The lowest BCUT2D eigenvalue weighted by Crippen LogP contribution is -2.13. The van der Waals surface area contributed by atoms with Crippen LogP contribution in [0.2, 0.25) is 0 Å². The van der Waals surface area contributed by atoms with Gasteiger partial charge in [-0.15, -0.1) is 10.2 Å². The number of ether oxygens (including phenoxy) is 1. The molecule has 5 rings (SSSR count). The molecule has 5 aromatic rings. The average molecular weight is 506 g/mol. The summed E-state index contributed by atoms with van der Waals surface area (Å²) in [5.41, 5.74) is 2.93. The summed E-state index contributed by atoms with van der Waals surface area (Å²) in [5.74, 6) is 1.64. The topological polar surface area (TPSA) is 89.0 Å². The summed E-state index contributed by atoms with van der Waals surface area (Å²) in [6.45, 7) is 2.04. The molecule has 0 radical (unpaired) electrons. The molecule has 2 aromatic heterocycles. The summed E-state index contributed by atoms with van der Waals surface area (Å²) < 4.78 is 7.58. The van der Waals surface area contributed by atoms with Crippen molar-refractivity contribution < 1.29 is 9.53 Å². The van der Waals surface area contributed by atoms with E-state index in [1.807, 2.05) is 73.7 Å². The van der Waals surface area contributed by atoms with E-state index in [0.29, 0.717) is 14.6 Å². The minimum atomic E-state index is -0.125. The zero-order chi connectivity index (χ0) is 23.3. The minimum Gasteiger partial charge on any atom is -0.457 e. The smallest absolute Gasteiger partial charge is 0.236 e. The van der Waals surface area contributed by atoms with Crippen LogP contribution < -0.4 is 15.4 Å². The Bertz CT molecular complexity index is 1420. The van der Waals surface area contributed by atoms with Crippen LogP contribution in [0.25, 0.3) is 10.2 Å². The van der Waals surface area contributed by atoms with Crippen molar-refractivity contribution in [2.75, 3.05) is 16.4 Å². The molecule has 2 N–H and O–H groups in total. The molecular formula is C24H19N5O2S3. The largest absolute Gasteiger partial charge is 0.457 e. The van der Waals surface area contributed by atoms with Gasteiger partial charge in [-0.25, -0.2) is 4.98 Å². The van der Waals surface area contributed by atoms with Crippen molar-refractivity contribution in [3.05, 3.63) is 78.4 Å². The number of hydrogen-bond acceptors (Lipinski definition) is 9. The number of carbonyl (C=O) groups excluding carboxylic acids is 1. The molecule has 7 nitrogen and oxygen atoms in total. The summed E-state index contributed by atoms with van der Waals surface area (Å²) >= 11 is 4.21. The fourth-order valence-electron chi connectivity index (χ4n) is 3.04. The van der Waals surface area contributed by atoms with Gasteiger partial charge in [-0.3, -0.25) is 4.79 Å². The predicted octanol–water partition coefficient (Wildman–Crippen LogP) is 6.72. The second-order valence-corrected chi connectivity index (χ2v) is 10.5. The predicted molar refractivity (Wildman–Crippen MR) is 140 cm³/mol. The summed E-state index contributed by atoms with van der Waals surface area (Å²) in [4.78, 5) is 16.8. The van der Waals surface area contributed by atoms with Crippen molar-refractivity contribution in [3.8, 4) is 11.5 Å². The van der Waals surface area contributed by atoms with Crippen molar-refractivity contribution in [3.63, 3.8) is 0 Å². The highest BCUT2D eigenvalue weighted by Gasteiger charge is 2.11. The van der Waals surface area contributed by atoms with Crippen LogP contribution in [0.3, 0.4) is 0 Å². The SMILES string of the molecule is Cc1ccc2nc(NC(=O)CSc3nnc(Nc4ccc(Oc5ccccc5)cc4)s3)sc2c1. The van der Waals surface area contributed by atoms with E-state index in [2.05, 4.69) is 31.9 Å². The first-order valence-corrected chi connectivity index (χ1v) is 13.0. The van der Waals surface area contributed by atoms with Crippen LogP contribution in [-0.4, -0.2) is 26.8 Å². The number of thiazole rings is 1. The molecule has 0 aliphatic heterocycles. The Morgan fingerprint density at radius 2 is 1.74 bits per heavy atom. The number of hydrogen-bond donors (Lipinski definition) is 2. The van der Waals surface area contributed by atoms with E-state index in [1.165, 1.54) is 40.0 Å². The molecule has 0 unspecified atom stereocenters. The Kier molecular flexibility index (Phi) is 6.70. The minimum absolute atomic E-state index is 0.125. The Morgan fingerprint density at radius 3 is 2.56 bits per heavy atom. The molecule has 0 fully saturated rings. The number of aryl methyl sites for hydroxylation is 1. The van der Waals surface area contributed by atoms with Crippen molar-refractivity contribution in [1.29, 1.82) is 0 Å². The maximum absolute atomic E-state index is 12.4. The van der Waals surface area contributed by atoms with Gasteiger partial charge < -0.3 is 15.4 Å². The quantitative estimate of drug-likeness (QED) is 0.226. The first-order chi connectivity index (χ1) is 16.6. The molecule has 0 spiro atoms. The van der Waals surface area contributed by atoms with Gasteiger partial charge in [-0.2, -0.15) is 0 Å². The zero-order valence-electron chi connectivity index (χ0n) is 18.0. The number of nitrogens with zero attached hydrogens (tertiary/aromatic N) is 3. The number of carbonyl (C=O) groups is 1. The third kappa shape index (κ3) is 5.71. The van der Waals surface area contributed by atoms with Crippen LogP contribution in [0.5, 0.6) is 11.5 Å². The van der Waals surface area contributed by atoms with Gasteiger partial charge in [0.2, 0.25) is 11.0 Å².